The van der Waals surface area contributed by atoms with E-state index < -0.39 is 5.91 Å². The molecule has 0 spiro atoms. The molecule has 4 rings (SSSR count). The third-order valence-electron chi connectivity index (χ3n) is 5.55. The molecule has 33 heavy (non-hydrogen) atoms. The predicted octanol–water partition coefficient (Wildman–Crippen LogP) is 3.66. The Bertz CT molecular complexity index is 1320. The van der Waals surface area contributed by atoms with E-state index in [1.54, 1.807) is 27.7 Å². The Morgan fingerprint density at radius 1 is 1.12 bits per heavy atom. The number of carbonyl (C=O) groups excluding carboxylic acids is 2. The number of halogens is 1. The number of anilines is 1. The number of rotatable bonds is 7. The van der Waals surface area contributed by atoms with Gasteiger partial charge in [0.2, 0.25) is 5.91 Å². The second-order valence-corrected chi connectivity index (χ2v) is 8.13. The molecule has 0 unspecified atom stereocenters. The number of fused-ring (bicyclic) bond motifs is 1. The number of aryl methyl sites for hydroxylation is 2. The Kier molecular flexibility index (Phi) is 6.37. The average Bonchev–Trinajstić information content (AvgIpc) is 3.23. The first-order valence-electron chi connectivity index (χ1n) is 10.4. The number of pyridine rings is 1. The number of hydrogen-bond acceptors (Lipinski definition) is 5. The summed E-state index contributed by atoms with van der Waals surface area (Å²) in [5, 5.41) is 4.85. The number of nitrogens with zero attached hydrogens (tertiary/aromatic N) is 5. The van der Waals surface area contributed by atoms with Crippen LogP contribution in [0.3, 0.4) is 0 Å². The zero-order valence-electron chi connectivity index (χ0n) is 18.3. The summed E-state index contributed by atoms with van der Waals surface area (Å²) in [6.07, 6.45) is 3.85. The molecule has 3 aromatic heterocycles. The Balaban J connectivity index is 1.60. The van der Waals surface area contributed by atoms with E-state index in [9.17, 15) is 9.59 Å². The van der Waals surface area contributed by atoms with Crippen molar-refractivity contribution in [1.82, 2.24) is 19.6 Å². The molecule has 0 bridgehead atoms. The van der Waals surface area contributed by atoms with Crippen molar-refractivity contribution in [2.75, 3.05) is 4.90 Å². The fraction of sp³-hybridized carbons (Fsp3) is 0.208. The molecule has 0 saturated heterocycles. The Morgan fingerprint density at radius 2 is 1.88 bits per heavy atom. The van der Waals surface area contributed by atoms with Crippen molar-refractivity contribution in [2.24, 2.45) is 5.73 Å². The molecule has 0 radical (unpaired) electrons. The van der Waals surface area contributed by atoms with Gasteiger partial charge in [-0.3, -0.25) is 14.6 Å². The van der Waals surface area contributed by atoms with Crippen molar-refractivity contribution in [3.63, 3.8) is 0 Å². The van der Waals surface area contributed by atoms with E-state index in [1.807, 2.05) is 44.2 Å². The summed E-state index contributed by atoms with van der Waals surface area (Å²) in [6, 6.07) is 12.8. The van der Waals surface area contributed by atoms with Crippen LogP contribution in [-0.2, 0) is 17.8 Å². The van der Waals surface area contributed by atoms with Gasteiger partial charge in [0.15, 0.2) is 5.65 Å². The van der Waals surface area contributed by atoms with Crippen molar-refractivity contribution < 1.29 is 9.59 Å². The summed E-state index contributed by atoms with van der Waals surface area (Å²) in [5.41, 5.74) is 10.1. The van der Waals surface area contributed by atoms with Gasteiger partial charge in [-0.25, -0.2) is 9.50 Å². The van der Waals surface area contributed by atoms with Crippen LogP contribution in [0.1, 0.15) is 39.4 Å². The van der Waals surface area contributed by atoms with Gasteiger partial charge >= 0.3 is 0 Å². The van der Waals surface area contributed by atoms with Crippen molar-refractivity contribution >= 4 is 34.7 Å². The molecule has 0 aliphatic heterocycles. The molecule has 0 aliphatic carbocycles. The molecule has 168 valence electrons. The van der Waals surface area contributed by atoms with Gasteiger partial charge in [-0.1, -0.05) is 17.7 Å². The molecule has 1 aromatic carbocycles. The Hall–Kier alpha value is -3.78. The van der Waals surface area contributed by atoms with Gasteiger partial charge in [0.05, 0.1) is 18.4 Å². The van der Waals surface area contributed by atoms with Gasteiger partial charge in [-0.05, 0) is 62.2 Å². The summed E-state index contributed by atoms with van der Waals surface area (Å²) in [4.78, 5) is 35.6. The lowest BCUT2D eigenvalue weighted by atomic mass is 10.1. The van der Waals surface area contributed by atoms with Crippen molar-refractivity contribution in [3.05, 3.63) is 88.1 Å². The second kappa shape index (κ2) is 9.38. The van der Waals surface area contributed by atoms with E-state index >= 15 is 0 Å². The van der Waals surface area contributed by atoms with Crippen molar-refractivity contribution in [1.29, 1.82) is 0 Å². The molecule has 0 atom stereocenters. The van der Waals surface area contributed by atoms with E-state index in [-0.39, 0.29) is 17.9 Å². The molecule has 0 saturated carbocycles. The highest BCUT2D eigenvalue weighted by Gasteiger charge is 2.20. The van der Waals surface area contributed by atoms with Gasteiger partial charge in [0.25, 0.3) is 5.91 Å². The van der Waals surface area contributed by atoms with E-state index in [0.717, 1.165) is 28.3 Å². The maximum atomic E-state index is 13.3. The molecular weight excluding hydrogens is 440 g/mol. The standard InChI is InChI=1S/C24H23ClN6O2/c1-15-20(16(2)31-24(29-15)21(13-28-31)23(26)33)10-11-22(32)30(14-18-5-3-4-12-27-18)19-8-6-17(25)7-9-19/h3-9,12-13H,10-11,14H2,1-2H3,(H2,26,33). The zero-order valence-corrected chi connectivity index (χ0v) is 19.1. The number of hydrogen-bond donors (Lipinski definition) is 1. The molecule has 2 N–H and O–H groups in total. The SMILES string of the molecule is Cc1nc2c(C(N)=O)cnn2c(C)c1CCC(=O)N(Cc1ccccn1)c1ccc(Cl)cc1. The fourth-order valence-corrected chi connectivity index (χ4v) is 3.94. The van der Waals surface area contributed by atoms with E-state index in [0.29, 0.717) is 23.6 Å². The smallest absolute Gasteiger partial charge is 0.254 e. The first-order chi connectivity index (χ1) is 15.8. The van der Waals surface area contributed by atoms with Gasteiger partial charge < -0.3 is 10.6 Å². The molecular formula is C24H23ClN6O2. The first-order valence-corrected chi connectivity index (χ1v) is 10.8. The third-order valence-corrected chi connectivity index (χ3v) is 5.80. The van der Waals surface area contributed by atoms with Gasteiger partial charge in [0, 0.05) is 34.7 Å². The maximum absolute atomic E-state index is 13.3. The zero-order chi connectivity index (χ0) is 23.5. The van der Waals surface area contributed by atoms with Crippen LogP contribution < -0.4 is 10.6 Å². The lowest BCUT2D eigenvalue weighted by Gasteiger charge is -2.23. The monoisotopic (exact) mass is 462 g/mol. The fourth-order valence-electron chi connectivity index (χ4n) is 3.81. The molecule has 2 amide bonds. The minimum atomic E-state index is -0.577. The summed E-state index contributed by atoms with van der Waals surface area (Å²) in [5.74, 6) is -0.632. The van der Waals surface area contributed by atoms with E-state index in [2.05, 4.69) is 15.1 Å². The average molecular weight is 463 g/mol. The number of carbonyl (C=O) groups is 2. The van der Waals surface area contributed by atoms with Crippen LogP contribution >= 0.6 is 11.6 Å². The Labute approximate surface area is 196 Å². The first kappa shape index (κ1) is 22.4. The molecule has 0 aliphatic rings. The largest absolute Gasteiger partial charge is 0.365 e. The highest BCUT2D eigenvalue weighted by atomic mass is 35.5. The lowest BCUT2D eigenvalue weighted by Crippen LogP contribution is -2.31. The van der Waals surface area contributed by atoms with Gasteiger partial charge in [0.1, 0.15) is 5.56 Å². The van der Waals surface area contributed by atoms with E-state index in [4.69, 9.17) is 17.3 Å². The topological polar surface area (TPSA) is 106 Å². The predicted molar refractivity (Wildman–Crippen MR) is 126 cm³/mol. The van der Waals surface area contributed by atoms with Crippen molar-refractivity contribution in [2.45, 2.75) is 33.2 Å². The maximum Gasteiger partial charge on any atom is 0.254 e. The van der Waals surface area contributed by atoms with Crippen LogP contribution in [0.4, 0.5) is 5.69 Å². The summed E-state index contributed by atoms with van der Waals surface area (Å²) < 4.78 is 1.59. The molecule has 4 aromatic rings. The van der Waals surface area contributed by atoms with E-state index in [1.165, 1.54) is 6.20 Å². The number of nitrogens with two attached hydrogens (primary N) is 1. The molecule has 8 nitrogen and oxygen atoms in total. The molecule has 9 heteroatoms. The van der Waals surface area contributed by atoms with Crippen molar-refractivity contribution in [3.8, 4) is 0 Å². The number of primary amides is 1. The molecule has 0 fully saturated rings. The Morgan fingerprint density at radius 3 is 2.55 bits per heavy atom. The summed E-state index contributed by atoms with van der Waals surface area (Å²) >= 11 is 6.04. The highest BCUT2D eigenvalue weighted by molar-refractivity contribution is 6.30. The van der Waals surface area contributed by atoms with Crippen LogP contribution in [-0.4, -0.2) is 31.4 Å². The number of benzene rings is 1. The normalized spacial score (nSPS) is 11.0. The highest BCUT2D eigenvalue weighted by Crippen LogP contribution is 2.23. The minimum Gasteiger partial charge on any atom is -0.365 e. The third kappa shape index (κ3) is 4.70. The van der Waals surface area contributed by atoms with Gasteiger partial charge in [-0.15, -0.1) is 0 Å². The lowest BCUT2D eigenvalue weighted by molar-refractivity contribution is -0.118. The summed E-state index contributed by atoms with van der Waals surface area (Å²) in [7, 11) is 0. The van der Waals surface area contributed by atoms with Gasteiger partial charge in [-0.2, -0.15) is 5.10 Å². The quantitative estimate of drug-likeness (QED) is 0.451. The van der Waals surface area contributed by atoms with Crippen LogP contribution in [0.25, 0.3) is 5.65 Å². The number of aromatic nitrogens is 4. The van der Waals surface area contributed by atoms with Crippen LogP contribution in [0.2, 0.25) is 5.02 Å². The summed E-state index contributed by atoms with van der Waals surface area (Å²) in [6.45, 7) is 4.09. The minimum absolute atomic E-state index is 0.0554. The van der Waals surface area contributed by atoms with Crippen LogP contribution in [0.5, 0.6) is 0 Å². The van der Waals surface area contributed by atoms with Crippen LogP contribution in [0.15, 0.2) is 54.9 Å². The molecule has 3 heterocycles. The second-order valence-electron chi connectivity index (χ2n) is 7.70. The van der Waals surface area contributed by atoms with Crippen LogP contribution in [0, 0.1) is 13.8 Å². The number of amides is 2.